The zero-order valence-electron chi connectivity index (χ0n) is 9.17. The molecular weight excluding hydrogens is 146 g/mol. The third kappa shape index (κ3) is 2.01. The molecule has 0 saturated carbocycles. The molecular formula is C11H23N. The highest BCUT2D eigenvalue weighted by atomic mass is 15.2. The van der Waals surface area contributed by atoms with E-state index in [-0.39, 0.29) is 0 Å². The van der Waals surface area contributed by atoms with E-state index in [9.17, 15) is 0 Å². The molecule has 2 atom stereocenters. The molecule has 1 rings (SSSR count). The van der Waals surface area contributed by atoms with Crippen LogP contribution in [0.4, 0.5) is 0 Å². The van der Waals surface area contributed by atoms with Gasteiger partial charge in [-0.25, -0.2) is 0 Å². The lowest BCUT2D eigenvalue weighted by Crippen LogP contribution is -2.28. The lowest BCUT2D eigenvalue weighted by Gasteiger charge is -2.21. The zero-order valence-corrected chi connectivity index (χ0v) is 9.17. The van der Waals surface area contributed by atoms with Gasteiger partial charge >= 0.3 is 0 Å². The molecule has 1 nitrogen and oxygen atoms in total. The van der Waals surface area contributed by atoms with Crippen LogP contribution in [0.1, 0.15) is 34.6 Å². The van der Waals surface area contributed by atoms with Gasteiger partial charge in [0.1, 0.15) is 0 Å². The zero-order chi connectivity index (χ0) is 9.30. The number of rotatable bonds is 2. The average Bonchev–Trinajstić information content (AvgIpc) is 2.30. The first-order chi connectivity index (χ1) is 5.52. The average molecular weight is 169 g/mol. The number of likely N-dealkylation sites (tertiary alicyclic amines) is 1. The van der Waals surface area contributed by atoms with Gasteiger partial charge in [0.05, 0.1) is 0 Å². The van der Waals surface area contributed by atoms with Crippen molar-refractivity contribution < 1.29 is 0 Å². The predicted octanol–water partition coefficient (Wildman–Crippen LogP) is 2.62. The molecule has 1 aliphatic rings. The molecule has 0 bridgehead atoms. The molecule has 1 heterocycles. The van der Waals surface area contributed by atoms with Crippen LogP contribution in [0.25, 0.3) is 0 Å². The van der Waals surface area contributed by atoms with Gasteiger partial charge in [-0.1, -0.05) is 20.8 Å². The van der Waals surface area contributed by atoms with Crippen LogP contribution in [-0.2, 0) is 0 Å². The van der Waals surface area contributed by atoms with Gasteiger partial charge in [-0.15, -0.1) is 0 Å². The highest BCUT2D eigenvalue weighted by Crippen LogP contribution is 2.29. The van der Waals surface area contributed by atoms with Crippen molar-refractivity contribution in [2.24, 2.45) is 17.8 Å². The van der Waals surface area contributed by atoms with Crippen molar-refractivity contribution in [2.75, 3.05) is 13.1 Å². The Morgan fingerprint density at radius 1 is 1.08 bits per heavy atom. The minimum atomic E-state index is 0.733. The summed E-state index contributed by atoms with van der Waals surface area (Å²) in [5.74, 6) is 2.67. The summed E-state index contributed by atoms with van der Waals surface area (Å²) in [7, 11) is 0. The molecule has 1 heteroatoms. The minimum Gasteiger partial charge on any atom is -0.300 e. The Morgan fingerprint density at radius 2 is 1.67 bits per heavy atom. The predicted molar refractivity (Wildman–Crippen MR) is 54.2 cm³/mol. The first kappa shape index (κ1) is 10.0. The first-order valence-corrected chi connectivity index (χ1v) is 5.26. The second-order valence-corrected chi connectivity index (χ2v) is 4.93. The molecule has 72 valence electrons. The highest BCUT2D eigenvalue weighted by Gasteiger charge is 2.32. The second-order valence-electron chi connectivity index (χ2n) is 4.93. The summed E-state index contributed by atoms with van der Waals surface area (Å²) in [4.78, 5) is 2.61. The lowest BCUT2D eigenvalue weighted by atomic mass is 9.88. The van der Waals surface area contributed by atoms with Crippen molar-refractivity contribution in [3.8, 4) is 0 Å². The Hall–Kier alpha value is -0.0400. The van der Waals surface area contributed by atoms with Crippen molar-refractivity contribution in [3.63, 3.8) is 0 Å². The molecule has 12 heavy (non-hydrogen) atoms. The SMILES string of the molecule is CC(C)C1CN(C(C)C)C[C@@H]1C. The summed E-state index contributed by atoms with van der Waals surface area (Å²) in [6, 6.07) is 0.733. The molecule has 1 saturated heterocycles. The monoisotopic (exact) mass is 169 g/mol. The topological polar surface area (TPSA) is 3.24 Å². The summed E-state index contributed by atoms with van der Waals surface area (Å²) < 4.78 is 0. The first-order valence-electron chi connectivity index (χ1n) is 5.26. The van der Waals surface area contributed by atoms with Gasteiger partial charge in [0, 0.05) is 19.1 Å². The van der Waals surface area contributed by atoms with Crippen LogP contribution in [0, 0.1) is 17.8 Å². The van der Waals surface area contributed by atoms with Crippen molar-refractivity contribution in [1.29, 1.82) is 0 Å². The van der Waals surface area contributed by atoms with Crippen LogP contribution in [0.2, 0.25) is 0 Å². The van der Waals surface area contributed by atoms with E-state index < -0.39 is 0 Å². The maximum Gasteiger partial charge on any atom is 0.00388 e. The van der Waals surface area contributed by atoms with E-state index in [1.807, 2.05) is 0 Å². The Labute approximate surface area is 77.1 Å². The third-order valence-electron chi connectivity index (χ3n) is 3.29. The van der Waals surface area contributed by atoms with Crippen LogP contribution in [0.15, 0.2) is 0 Å². The molecule has 0 aliphatic carbocycles. The van der Waals surface area contributed by atoms with Gasteiger partial charge in [-0.05, 0) is 31.6 Å². The van der Waals surface area contributed by atoms with Crippen LogP contribution >= 0.6 is 0 Å². The molecule has 0 amide bonds. The maximum absolute atomic E-state index is 2.61. The van der Waals surface area contributed by atoms with E-state index in [4.69, 9.17) is 0 Å². The van der Waals surface area contributed by atoms with E-state index >= 15 is 0 Å². The van der Waals surface area contributed by atoms with Gasteiger partial charge in [-0.3, -0.25) is 0 Å². The fourth-order valence-electron chi connectivity index (χ4n) is 2.32. The Balaban J connectivity index is 2.50. The van der Waals surface area contributed by atoms with E-state index in [0.717, 1.165) is 23.8 Å². The Morgan fingerprint density at radius 3 is 1.92 bits per heavy atom. The van der Waals surface area contributed by atoms with E-state index in [1.165, 1.54) is 13.1 Å². The summed E-state index contributed by atoms with van der Waals surface area (Å²) in [5, 5.41) is 0. The lowest BCUT2D eigenvalue weighted by molar-refractivity contribution is 0.253. The molecule has 1 fully saturated rings. The van der Waals surface area contributed by atoms with Crippen molar-refractivity contribution in [3.05, 3.63) is 0 Å². The van der Waals surface area contributed by atoms with Crippen LogP contribution < -0.4 is 0 Å². The maximum atomic E-state index is 2.61. The summed E-state index contributed by atoms with van der Waals surface area (Å²) in [6.07, 6.45) is 0. The van der Waals surface area contributed by atoms with Gasteiger partial charge in [0.2, 0.25) is 0 Å². The van der Waals surface area contributed by atoms with E-state index in [2.05, 4.69) is 39.5 Å². The normalized spacial score (nSPS) is 32.2. The third-order valence-corrected chi connectivity index (χ3v) is 3.29. The van der Waals surface area contributed by atoms with Crippen LogP contribution in [0.5, 0.6) is 0 Å². The fourth-order valence-corrected chi connectivity index (χ4v) is 2.32. The Bertz CT molecular complexity index is 140. The molecule has 0 aromatic rings. The van der Waals surface area contributed by atoms with Gasteiger partial charge in [0.15, 0.2) is 0 Å². The van der Waals surface area contributed by atoms with Crippen molar-refractivity contribution in [2.45, 2.75) is 40.7 Å². The van der Waals surface area contributed by atoms with Gasteiger partial charge in [-0.2, -0.15) is 0 Å². The largest absolute Gasteiger partial charge is 0.300 e. The molecule has 0 spiro atoms. The highest BCUT2D eigenvalue weighted by molar-refractivity contribution is 4.84. The van der Waals surface area contributed by atoms with Crippen molar-refractivity contribution in [1.82, 2.24) is 4.90 Å². The number of hydrogen-bond donors (Lipinski definition) is 0. The standard InChI is InChI=1S/C11H23N/c1-8(2)11-7-12(9(3)4)6-10(11)5/h8-11H,6-7H2,1-5H3/t10-,11?/m0/s1. The number of hydrogen-bond acceptors (Lipinski definition) is 1. The molecule has 0 radical (unpaired) electrons. The minimum absolute atomic E-state index is 0.733. The van der Waals surface area contributed by atoms with Gasteiger partial charge in [0.25, 0.3) is 0 Å². The summed E-state index contributed by atoms with van der Waals surface area (Å²) >= 11 is 0. The molecule has 0 aromatic heterocycles. The molecule has 0 aromatic carbocycles. The van der Waals surface area contributed by atoms with Crippen LogP contribution in [-0.4, -0.2) is 24.0 Å². The van der Waals surface area contributed by atoms with E-state index in [0.29, 0.717) is 0 Å². The molecule has 1 unspecified atom stereocenters. The van der Waals surface area contributed by atoms with Crippen LogP contribution in [0.3, 0.4) is 0 Å². The van der Waals surface area contributed by atoms with E-state index in [1.54, 1.807) is 0 Å². The second kappa shape index (κ2) is 3.78. The summed E-state index contributed by atoms with van der Waals surface area (Å²) in [6.45, 7) is 14.3. The van der Waals surface area contributed by atoms with Gasteiger partial charge < -0.3 is 4.90 Å². The number of nitrogens with zero attached hydrogens (tertiary/aromatic N) is 1. The summed E-state index contributed by atoms with van der Waals surface area (Å²) in [5.41, 5.74) is 0. The fraction of sp³-hybridized carbons (Fsp3) is 1.00. The Kier molecular flexibility index (Phi) is 3.16. The smallest absolute Gasteiger partial charge is 0.00388 e. The quantitative estimate of drug-likeness (QED) is 0.614. The molecule has 0 N–H and O–H groups in total. The van der Waals surface area contributed by atoms with Crippen molar-refractivity contribution >= 4 is 0 Å². The molecule has 1 aliphatic heterocycles.